The number of nitrogens with zero attached hydrogens (tertiary/aromatic N) is 2. The first-order valence-electron chi connectivity index (χ1n) is 7.69. The van der Waals surface area contributed by atoms with Crippen molar-refractivity contribution in [2.75, 3.05) is 0 Å². The highest BCUT2D eigenvalue weighted by Gasteiger charge is 2.30. The van der Waals surface area contributed by atoms with Gasteiger partial charge in [0, 0.05) is 18.2 Å². The third-order valence-electron chi connectivity index (χ3n) is 3.72. The zero-order valence-corrected chi connectivity index (χ0v) is 13.2. The number of fused-ring (bicyclic) bond motifs is 1. The van der Waals surface area contributed by atoms with Crippen molar-refractivity contribution in [3.8, 4) is 17.1 Å². The van der Waals surface area contributed by atoms with Gasteiger partial charge in [-0.05, 0) is 35.9 Å². The molecule has 3 heterocycles. The van der Waals surface area contributed by atoms with Crippen molar-refractivity contribution in [2.24, 2.45) is 0 Å². The van der Waals surface area contributed by atoms with Crippen LogP contribution in [0.5, 0.6) is 5.75 Å². The van der Waals surface area contributed by atoms with Gasteiger partial charge >= 0.3 is 6.36 Å². The zero-order valence-electron chi connectivity index (χ0n) is 13.2. The highest BCUT2D eigenvalue weighted by atomic mass is 19.4. The summed E-state index contributed by atoms with van der Waals surface area (Å²) in [5, 5.41) is 0. The molecule has 0 saturated heterocycles. The number of hydrogen-bond acceptors (Lipinski definition) is 4. The molecular formula is C18H12F3N3O2. The fourth-order valence-corrected chi connectivity index (χ4v) is 2.61. The maximum absolute atomic E-state index is 12.2. The molecule has 0 aliphatic heterocycles. The van der Waals surface area contributed by atoms with Crippen LogP contribution < -0.4 is 4.74 Å². The van der Waals surface area contributed by atoms with E-state index in [1.54, 1.807) is 30.7 Å². The van der Waals surface area contributed by atoms with Gasteiger partial charge in [-0.1, -0.05) is 12.1 Å². The summed E-state index contributed by atoms with van der Waals surface area (Å²) in [5.74, 6) is 1.11. The van der Waals surface area contributed by atoms with Crippen molar-refractivity contribution in [1.82, 2.24) is 15.0 Å². The number of benzene rings is 1. The maximum Gasteiger partial charge on any atom is 0.573 e. The molecule has 0 bridgehead atoms. The van der Waals surface area contributed by atoms with E-state index in [4.69, 9.17) is 4.42 Å². The standard InChI is InChI=1S/C18H12F3N3O2/c19-18(20,21)26-13-5-3-11(4-6-13)8-16-23-14-9-12(10-22-17(14)24-16)15-2-1-7-25-15/h1-7,9-10H,8H2,(H,22,23,24). The number of hydrogen-bond donors (Lipinski definition) is 1. The lowest BCUT2D eigenvalue weighted by Crippen LogP contribution is -2.17. The third kappa shape index (κ3) is 3.53. The quantitative estimate of drug-likeness (QED) is 0.573. The number of H-pyrrole nitrogens is 1. The lowest BCUT2D eigenvalue weighted by atomic mass is 10.1. The molecule has 0 saturated carbocycles. The Morgan fingerprint density at radius 1 is 1.12 bits per heavy atom. The number of alkyl halides is 3. The lowest BCUT2D eigenvalue weighted by molar-refractivity contribution is -0.274. The molecule has 0 radical (unpaired) electrons. The summed E-state index contributed by atoms with van der Waals surface area (Å²) in [4.78, 5) is 11.9. The van der Waals surface area contributed by atoms with E-state index in [-0.39, 0.29) is 5.75 Å². The largest absolute Gasteiger partial charge is 0.573 e. The zero-order chi connectivity index (χ0) is 18.1. The second-order valence-electron chi connectivity index (χ2n) is 5.62. The minimum Gasteiger partial charge on any atom is -0.464 e. The molecule has 3 aromatic heterocycles. The van der Waals surface area contributed by atoms with Gasteiger partial charge in [0.25, 0.3) is 0 Å². The summed E-state index contributed by atoms with van der Waals surface area (Å²) in [6.07, 6.45) is -1.00. The van der Waals surface area contributed by atoms with Crippen LogP contribution in [0.2, 0.25) is 0 Å². The van der Waals surface area contributed by atoms with Gasteiger partial charge in [-0.25, -0.2) is 9.97 Å². The van der Waals surface area contributed by atoms with Crippen LogP contribution in [0.25, 0.3) is 22.5 Å². The molecule has 1 N–H and O–H groups in total. The Bertz CT molecular complexity index is 1020. The Labute approximate surface area is 145 Å². The van der Waals surface area contributed by atoms with Crippen molar-refractivity contribution >= 4 is 11.2 Å². The van der Waals surface area contributed by atoms with E-state index >= 15 is 0 Å². The number of furan rings is 1. The summed E-state index contributed by atoms with van der Waals surface area (Å²) in [6.45, 7) is 0. The van der Waals surface area contributed by atoms with E-state index in [0.29, 0.717) is 23.7 Å². The van der Waals surface area contributed by atoms with E-state index in [1.807, 2.05) is 12.1 Å². The van der Waals surface area contributed by atoms with E-state index in [2.05, 4.69) is 19.7 Å². The van der Waals surface area contributed by atoms with Crippen molar-refractivity contribution in [1.29, 1.82) is 0 Å². The molecular weight excluding hydrogens is 347 g/mol. The van der Waals surface area contributed by atoms with Gasteiger partial charge in [0.2, 0.25) is 0 Å². The first-order valence-corrected chi connectivity index (χ1v) is 7.69. The van der Waals surface area contributed by atoms with E-state index in [0.717, 1.165) is 16.6 Å². The fraction of sp³-hybridized carbons (Fsp3) is 0.111. The molecule has 0 aliphatic rings. The van der Waals surface area contributed by atoms with Crippen LogP contribution in [0.3, 0.4) is 0 Å². The molecule has 4 rings (SSSR count). The van der Waals surface area contributed by atoms with Crippen LogP contribution in [-0.2, 0) is 6.42 Å². The molecule has 0 fully saturated rings. The number of nitrogens with one attached hydrogen (secondary N) is 1. The number of imidazole rings is 1. The Morgan fingerprint density at radius 2 is 1.92 bits per heavy atom. The minimum atomic E-state index is -4.70. The van der Waals surface area contributed by atoms with Crippen LogP contribution in [-0.4, -0.2) is 21.3 Å². The Kier molecular flexibility index (Phi) is 3.87. The van der Waals surface area contributed by atoms with Gasteiger partial charge in [0.05, 0.1) is 11.8 Å². The highest BCUT2D eigenvalue weighted by molar-refractivity contribution is 5.76. The molecule has 0 amide bonds. The summed E-state index contributed by atoms with van der Waals surface area (Å²) < 4.78 is 45.8. The fourth-order valence-electron chi connectivity index (χ4n) is 2.61. The first kappa shape index (κ1) is 16.2. The number of ether oxygens (including phenoxy) is 1. The molecule has 0 unspecified atom stereocenters. The van der Waals surface area contributed by atoms with Crippen LogP contribution in [0.15, 0.2) is 59.3 Å². The third-order valence-corrected chi connectivity index (χ3v) is 3.72. The molecule has 5 nitrogen and oxygen atoms in total. The van der Waals surface area contributed by atoms with Crippen molar-refractivity contribution in [2.45, 2.75) is 12.8 Å². The summed E-state index contributed by atoms with van der Waals surface area (Å²) in [6, 6.07) is 11.2. The Hall–Kier alpha value is -3.29. The van der Waals surface area contributed by atoms with Gasteiger partial charge in [0.1, 0.15) is 17.3 Å². The normalized spacial score (nSPS) is 11.8. The van der Waals surface area contributed by atoms with Crippen LogP contribution in [0.4, 0.5) is 13.2 Å². The Balaban J connectivity index is 1.54. The maximum atomic E-state index is 12.2. The SMILES string of the molecule is FC(F)(F)Oc1ccc(Cc2nc3ncc(-c4ccco4)cc3[nH]2)cc1. The number of aromatic nitrogens is 3. The predicted octanol–water partition coefficient (Wildman–Crippen LogP) is 4.71. The molecule has 26 heavy (non-hydrogen) atoms. The van der Waals surface area contributed by atoms with Crippen LogP contribution >= 0.6 is 0 Å². The van der Waals surface area contributed by atoms with E-state index in [9.17, 15) is 13.2 Å². The lowest BCUT2D eigenvalue weighted by Gasteiger charge is -2.08. The highest BCUT2D eigenvalue weighted by Crippen LogP contribution is 2.24. The smallest absolute Gasteiger partial charge is 0.464 e. The van der Waals surface area contributed by atoms with Gasteiger partial charge in [-0.3, -0.25) is 0 Å². The predicted molar refractivity (Wildman–Crippen MR) is 87.5 cm³/mol. The monoisotopic (exact) mass is 359 g/mol. The van der Waals surface area contributed by atoms with Gasteiger partial charge in [0.15, 0.2) is 5.65 Å². The summed E-state index contributed by atoms with van der Waals surface area (Å²) >= 11 is 0. The summed E-state index contributed by atoms with van der Waals surface area (Å²) in [7, 11) is 0. The molecule has 0 aliphatic carbocycles. The first-order chi connectivity index (χ1) is 12.5. The number of pyridine rings is 1. The topological polar surface area (TPSA) is 63.9 Å². The average Bonchev–Trinajstić information content (AvgIpc) is 3.23. The molecule has 1 aromatic carbocycles. The minimum absolute atomic E-state index is 0.254. The molecule has 0 atom stereocenters. The van der Waals surface area contributed by atoms with Crippen LogP contribution in [0.1, 0.15) is 11.4 Å². The van der Waals surface area contributed by atoms with E-state index < -0.39 is 6.36 Å². The molecule has 132 valence electrons. The van der Waals surface area contributed by atoms with Crippen molar-refractivity contribution in [3.63, 3.8) is 0 Å². The van der Waals surface area contributed by atoms with E-state index in [1.165, 1.54) is 12.1 Å². The van der Waals surface area contributed by atoms with Crippen molar-refractivity contribution in [3.05, 3.63) is 66.3 Å². The van der Waals surface area contributed by atoms with Gasteiger partial charge in [-0.15, -0.1) is 13.2 Å². The second kappa shape index (κ2) is 6.21. The Morgan fingerprint density at radius 3 is 2.62 bits per heavy atom. The molecule has 4 aromatic rings. The van der Waals surface area contributed by atoms with Crippen LogP contribution in [0, 0.1) is 0 Å². The number of halogens is 3. The number of rotatable bonds is 4. The molecule has 0 spiro atoms. The number of aromatic amines is 1. The average molecular weight is 359 g/mol. The summed E-state index contributed by atoms with van der Waals surface area (Å²) in [5.41, 5.74) is 2.94. The van der Waals surface area contributed by atoms with Gasteiger partial charge < -0.3 is 14.1 Å². The molecule has 8 heteroatoms. The second-order valence-corrected chi connectivity index (χ2v) is 5.62. The van der Waals surface area contributed by atoms with Crippen molar-refractivity contribution < 1.29 is 22.3 Å². The van der Waals surface area contributed by atoms with Gasteiger partial charge in [-0.2, -0.15) is 0 Å².